The van der Waals surface area contributed by atoms with Gasteiger partial charge in [-0.25, -0.2) is 4.79 Å². The predicted molar refractivity (Wildman–Crippen MR) is 95.7 cm³/mol. The zero-order valence-electron chi connectivity index (χ0n) is 15.8. The number of aliphatic hydroxyl groups excluding tert-OH is 1. The average Bonchev–Trinajstić information content (AvgIpc) is 2.33. The summed E-state index contributed by atoms with van der Waals surface area (Å²) in [7, 11) is 3.48. The van der Waals surface area contributed by atoms with E-state index in [-0.39, 0.29) is 12.0 Å². The maximum atomic E-state index is 12.0. The Hall–Kier alpha value is -0.500. The molecule has 0 saturated heterocycles. The lowest BCUT2D eigenvalue weighted by atomic mass is 10.1. The van der Waals surface area contributed by atoms with Gasteiger partial charge in [0.15, 0.2) is 0 Å². The molecular formula is C16H34N2O4S. The number of rotatable bonds is 7. The van der Waals surface area contributed by atoms with Crippen LogP contribution in [-0.2, 0) is 9.47 Å². The van der Waals surface area contributed by atoms with Crippen LogP contribution in [0.15, 0.2) is 0 Å². The lowest BCUT2D eigenvalue weighted by Crippen LogP contribution is -2.45. The summed E-state index contributed by atoms with van der Waals surface area (Å²) in [5.41, 5.74) is -0.952. The molecule has 138 valence electrons. The van der Waals surface area contributed by atoms with Crippen molar-refractivity contribution in [1.82, 2.24) is 9.80 Å². The number of carbonyl (C=O) groups is 1. The summed E-state index contributed by atoms with van der Waals surface area (Å²) in [5.74, 6) is 0.666. The first-order valence-electron chi connectivity index (χ1n) is 7.86. The second-order valence-corrected chi connectivity index (χ2v) is 8.27. The molecule has 23 heavy (non-hydrogen) atoms. The molecule has 2 unspecified atom stereocenters. The van der Waals surface area contributed by atoms with Crippen LogP contribution in [0, 0.1) is 5.92 Å². The van der Waals surface area contributed by atoms with Crippen molar-refractivity contribution in [2.45, 2.75) is 59.2 Å². The Morgan fingerprint density at radius 3 is 2.00 bits per heavy atom. The van der Waals surface area contributed by atoms with Gasteiger partial charge in [-0.05, 0) is 60.3 Å². The van der Waals surface area contributed by atoms with Gasteiger partial charge in [0.1, 0.15) is 5.60 Å². The standard InChI is InChI=1S/C16H34N2O4S/c1-15(2,3)21-13(19)17(7)9-12(11-23)10-18(8)14(20)22-16(4,5)6/h12-13,19,23H,9-11H2,1-8H3. The van der Waals surface area contributed by atoms with Crippen molar-refractivity contribution < 1.29 is 19.4 Å². The highest BCUT2D eigenvalue weighted by Gasteiger charge is 2.25. The molecule has 0 saturated carbocycles. The second-order valence-electron chi connectivity index (χ2n) is 7.91. The Balaban J connectivity index is 4.52. The van der Waals surface area contributed by atoms with E-state index in [1.807, 2.05) is 41.5 Å². The number of thiol groups is 1. The maximum absolute atomic E-state index is 12.0. The van der Waals surface area contributed by atoms with Gasteiger partial charge >= 0.3 is 6.09 Å². The number of hydrogen-bond acceptors (Lipinski definition) is 6. The van der Waals surface area contributed by atoms with Crippen LogP contribution in [0.25, 0.3) is 0 Å². The number of ether oxygens (including phenoxy) is 2. The lowest BCUT2D eigenvalue weighted by Gasteiger charge is -2.33. The first kappa shape index (κ1) is 22.5. The molecule has 0 aliphatic rings. The van der Waals surface area contributed by atoms with Crippen molar-refractivity contribution in [3.05, 3.63) is 0 Å². The Morgan fingerprint density at radius 2 is 1.61 bits per heavy atom. The van der Waals surface area contributed by atoms with Crippen LogP contribution < -0.4 is 0 Å². The smallest absolute Gasteiger partial charge is 0.410 e. The summed E-state index contributed by atoms with van der Waals surface area (Å²) in [4.78, 5) is 15.3. The third-order valence-electron chi connectivity index (χ3n) is 2.88. The van der Waals surface area contributed by atoms with E-state index in [0.717, 1.165) is 0 Å². The van der Waals surface area contributed by atoms with Gasteiger partial charge in [-0.15, -0.1) is 0 Å². The van der Waals surface area contributed by atoms with Crippen LogP contribution in [0.2, 0.25) is 0 Å². The van der Waals surface area contributed by atoms with Gasteiger partial charge in [0.25, 0.3) is 0 Å². The Kier molecular flexibility index (Phi) is 8.91. The van der Waals surface area contributed by atoms with Gasteiger partial charge in [0, 0.05) is 20.1 Å². The fourth-order valence-electron chi connectivity index (χ4n) is 1.88. The van der Waals surface area contributed by atoms with Gasteiger partial charge < -0.3 is 19.5 Å². The normalized spacial score (nSPS) is 15.4. The van der Waals surface area contributed by atoms with E-state index in [2.05, 4.69) is 12.6 Å². The van der Waals surface area contributed by atoms with Crippen molar-refractivity contribution in [3.63, 3.8) is 0 Å². The Labute approximate surface area is 146 Å². The summed E-state index contributed by atoms with van der Waals surface area (Å²) in [6.07, 6.45) is -1.36. The monoisotopic (exact) mass is 350 g/mol. The SMILES string of the molecule is CN(CC(CS)CN(C)C(O)OC(C)(C)C)C(=O)OC(C)(C)C. The molecule has 0 aromatic heterocycles. The van der Waals surface area contributed by atoms with Crippen molar-refractivity contribution in [2.75, 3.05) is 32.9 Å². The largest absolute Gasteiger partial charge is 0.444 e. The molecule has 7 heteroatoms. The molecule has 6 nitrogen and oxygen atoms in total. The third kappa shape index (κ3) is 10.8. The minimum Gasteiger partial charge on any atom is -0.444 e. The summed E-state index contributed by atoms with van der Waals surface area (Å²) in [6, 6.07) is 0. The molecule has 0 aliphatic carbocycles. The molecule has 0 aromatic rings. The average molecular weight is 351 g/mol. The van der Waals surface area contributed by atoms with E-state index < -0.39 is 17.6 Å². The topological polar surface area (TPSA) is 62.2 Å². The third-order valence-corrected chi connectivity index (χ3v) is 3.39. The Morgan fingerprint density at radius 1 is 1.09 bits per heavy atom. The summed E-state index contributed by atoms with van der Waals surface area (Å²) < 4.78 is 10.9. The highest BCUT2D eigenvalue weighted by atomic mass is 32.1. The molecule has 1 N–H and O–H groups in total. The van der Waals surface area contributed by atoms with Crippen LogP contribution >= 0.6 is 12.6 Å². The van der Waals surface area contributed by atoms with Gasteiger partial charge in [0.2, 0.25) is 6.41 Å². The van der Waals surface area contributed by atoms with E-state index in [0.29, 0.717) is 18.8 Å². The van der Waals surface area contributed by atoms with Gasteiger partial charge in [0.05, 0.1) is 5.60 Å². The van der Waals surface area contributed by atoms with E-state index in [1.165, 1.54) is 4.90 Å². The highest BCUT2D eigenvalue weighted by Crippen LogP contribution is 2.14. The van der Waals surface area contributed by atoms with Crippen molar-refractivity contribution >= 4 is 18.7 Å². The molecule has 0 bridgehead atoms. The predicted octanol–water partition coefficient (Wildman–Crippen LogP) is 2.42. The van der Waals surface area contributed by atoms with Crippen LogP contribution in [0.1, 0.15) is 41.5 Å². The fraction of sp³-hybridized carbons (Fsp3) is 0.938. The van der Waals surface area contributed by atoms with Crippen LogP contribution in [-0.4, -0.2) is 71.6 Å². The van der Waals surface area contributed by atoms with E-state index in [4.69, 9.17) is 9.47 Å². The minimum absolute atomic E-state index is 0.0825. The first-order valence-corrected chi connectivity index (χ1v) is 8.49. The summed E-state index contributed by atoms with van der Waals surface area (Å²) in [6.45, 7) is 12.2. The number of amides is 1. The van der Waals surface area contributed by atoms with Crippen molar-refractivity contribution in [1.29, 1.82) is 0 Å². The second kappa shape index (κ2) is 9.11. The van der Waals surface area contributed by atoms with Crippen LogP contribution in [0.4, 0.5) is 4.79 Å². The lowest BCUT2D eigenvalue weighted by molar-refractivity contribution is -0.234. The number of hydrogen-bond donors (Lipinski definition) is 2. The highest BCUT2D eigenvalue weighted by molar-refractivity contribution is 7.80. The van der Waals surface area contributed by atoms with Crippen LogP contribution in [0.3, 0.4) is 0 Å². The first-order chi connectivity index (χ1) is 10.2. The fourth-order valence-corrected chi connectivity index (χ4v) is 2.11. The molecule has 0 aliphatic heterocycles. The van der Waals surface area contributed by atoms with E-state index in [1.54, 1.807) is 19.0 Å². The molecule has 0 fully saturated rings. The number of aliphatic hydroxyl groups is 1. The number of carbonyl (C=O) groups excluding carboxylic acids is 1. The quantitative estimate of drug-likeness (QED) is 0.545. The molecule has 2 atom stereocenters. The van der Waals surface area contributed by atoms with Crippen molar-refractivity contribution in [2.24, 2.45) is 5.92 Å². The van der Waals surface area contributed by atoms with E-state index >= 15 is 0 Å². The maximum Gasteiger partial charge on any atom is 0.410 e. The molecule has 1 amide bonds. The number of nitrogens with zero attached hydrogens (tertiary/aromatic N) is 2. The van der Waals surface area contributed by atoms with E-state index in [9.17, 15) is 9.90 Å². The van der Waals surface area contributed by atoms with Gasteiger partial charge in [-0.1, -0.05) is 0 Å². The molecule has 0 heterocycles. The summed E-state index contributed by atoms with van der Waals surface area (Å²) in [5, 5.41) is 10.1. The Bertz CT molecular complexity index is 366. The molecule has 0 aromatic carbocycles. The van der Waals surface area contributed by atoms with Gasteiger partial charge in [-0.2, -0.15) is 12.6 Å². The molecular weight excluding hydrogens is 316 g/mol. The van der Waals surface area contributed by atoms with Crippen molar-refractivity contribution in [3.8, 4) is 0 Å². The summed E-state index contributed by atoms with van der Waals surface area (Å²) >= 11 is 4.35. The zero-order valence-corrected chi connectivity index (χ0v) is 16.7. The molecule has 0 radical (unpaired) electrons. The van der Waals surface area contributed by atoms with Crippen LogP contribution in [0.5, 0.6) is 0 Å². The minimum atomic E-state index is -0.996. The molecule has 0 rings (SSSR count). The zero-order chi connectivity index (χ0) is 18.4. The van der Waals surface area contributed by atoms with Gasteiger partial charge in [-0.3, -0.25) is 4.90 Å². The molecule has 0 spiro atoms.